The predicted octanol–water partition coefficient (Wildman–Crippen LogP) is 4.85. The van der Waals surface area contributed by atoms with Gasteiger partial charge in [-0.15, -0.1) is 0 Å². The highest BCUT2D eigenvalue weighted by molar-refractivity contribution is 7.98. The van der Waals surface area contributed by atoms with Crippen molar-refractivity contribution in [3.63, 3.8) is 0 Å². The van der Waals surface area contributed by atoms with Crippen LogP contribution in [0.4, 0.5) is 5.69 Å². The fourth-order valence-electron chi connectivity index (χ4n) is 3.05. The SMILES string of the molecule is N#Cc1c(-c2ccc(-c3ccccc3)cc2)nc(SCc2ccc(N)cc2)[nH]c1=O. The van der Waals surface area contributed by atoms with E-state index >= 15 is 0 Å². The smallest absolute Gasteiger partial charge is 0.270 e. The molecule has 0 aliphatic carbocycles. The molecule has 146 valence electrons. The maximum Gasteiger partial charge on any atom is 0.270 e. The Morgan fingerprint density at radius 3 is 2.20 bits per heavy atom. The summed E-state index contributed by atoms with van der Waals surface area (Å²) < 4.78 is 0. The molecule has 4 rings (SSSR count). The van der Waals surface area contributed by atoms with E-state index < -0.39 is 5.56 Å². The average molecular weight is 411 g/mol. The molecule has 4 aromatic rings. The first-order chi connectivity index (χ1) is 14.6. The molecule has 0 fully saturated rings. The quantitative estimate of drug-likeness (QED) is 0.279. The minimum atomic E-state index is -0.436. The lowest BCUT2D eigenvalue weighted by Gasteiger charge is -2.08. The summed E-state index contributed by atoms with van der Waals surface area (Å²) in [6.45, 7) is 0. The van der Waals surface area contributed by atoms with Crippen molar-refractivity contribution in [2.75, 3.05) is 5.73 Å². The molecule has 0 saturated carbocycles. The maximum atomic E-state index is 12.5. The highest BCUT2D eigenvalue weighted by Gasteiger charge is 2.14. The number of nitrogens with zero attached hydrogens (tertiary/aromatic N) is 2. The first kappa shape index (κ1) is 19.5. The molecule has 0 aliphatic heterocycles. The number of hydrogen-bond acceptors (Lipinski definition) is 5. The number of benzene rings is 3. The van der Waals surface area contributed by atoms with Gasteiger partial charge in [0.2, 0.25) is 0 Å². The van der Waals surface area contributed by atoms with Gasteiger partial charge in [0.05, 0.1) is 5.69 Å². The summed E-state index contributed by atoms with van der Waals surface area (Å²) in [6.07, 6.45) is 0. The Morgan fingerprint density at radius 2 is 1.53 bits per heavy atom. The number of thioether (sulfide) groups is 1. The monoisotopic (exact) mass is 410 g/mol. The van der Waals surface area contributed by atoms with Crippen molar-refractivity contribution in [3.8, 4) is 28.5 Å². The Labute approximate surface area is 178 Å². The van der Waals surface area contributed by atoms with Crippen LogP contribution >= 0.6 is 11.8 Å². The van der Waals surface area contributed by atoms with Crippen molar-refractivity contribution in [3.05, 3.63) is 100 Å². The molecular weight excluding hydrogens is 392 g/mol. The summed E-state index contributed by atoms with van der Waals surface area (Å²) in [5.41, 5.74) is 10.3. The van der Waals surface area contributed by atoms with Gasteiger partial charge in [0, 0.05) is 17.0 Å². The molecule has 30 heavy (non-hydrogen) atoms. The zero-order chi connectivity index (χ0) is 20.9. The highest BCUT2D eigenvalue weighted by Crippen LogP contribution is 2.27. The third kappa shape index (κ3) is 4.27. The summed E-state index contributed by atoms with van der Waals surface area (Å²) in [7, 11) is 0. The van der Waals surface area contributed by atoms with E-state index in [0.717, 1.165) is 22.3 Å². The fourth-order valence-corrected chi connectivity index (χ4v) is 3.87. The van der Waals surface area contributed by atoms with Gasteiger partial charge in [-0.1, -0.05) is 78.5 Å². The number of aromatic nitrogens is 2. The van der Waals surface area contributed by atoms with Gasteiger partial charge >= 0.3 is 0 Å². The predicted molar refractivity (Wildman–Crippen MR) is 121 cm³/mol. The second-order valence-electron chi connectivity index (χ2n) is 6.68. The van der Waals surface area contributed by atoms with Crippen molar-refractivity contribution in [2.24, 2.45) is 0 Å². The number of rotatable bonds is 5. The number of nitriles is 1. The van der Waals surface area contributed by atoms with Crippen LogP contribution in [0.3, 0.4) is 0 Å². The number of hydrogen-bond donors (Lipinski definition) is 2. The molecule has 0 unspecified atom stereocenters. The Morgan fingerprint density at radius 1 is 0.900 bits per heavy atom. The van der Waals surface area contributed by atoms with Crippen LogP contribution in [0.1, 0.15) is 11.1 Å². The maximum absolute atomic E-state index is 12.5. The van der Waals surface area contributed by atoms with Gasteiger partial charge in [0.1, 0.15) is 11.6 Å². The zero-order valence-corrected chi connectivity index (χ0v) is 16.8. The van der Waals surface area contributed by atoms with Crippen LogP contribution in [-0.4, -0.2) is 9.97 Å². The molecular formula is C24H18N4OS. The van der Waals surface area contributed by atoms with Gasteiger partial charge in [-0.2, -0.15) is 5.26 Å². The lowest BCUT2D eigenvalue weighted by Crippen LogP contribution is -2.14. The summed E-state index contributed by atoms with van der Waals surface area (Å²) in [5.74, 6) is 0.626. The van der Waals surface area contributed by atoms with Crippen molar-refractivity contribution >= 4 is 17.4 Å². The molecule has 5 nitrogen and oxygen atoms in total. The molecule has 3 N–H and O–H groups in total. The second kappa shape index (κ2) is 8.68. The van der Waals surface area contributed by atoms with E-state index in [0.29, 0.717) is 22.3 Å². The molecule has 1 aromatic heterocycles. The van der Waals surface area contributed by atoms with E-state index in [9.17, 15) is 10.1 Å². The third-order valence-electron chi connectivity index (χ3n) is 4.63. The minimum Gasteiger partial charge on any atom is -0.399 e. The Kier molecular flexibility index (Phi) is 5.64. The number of H-pyrrole nitrogens is 1. The minimum absolute atomic E-state index is 0.0132. The van der Waals surface area contributed by atoms with Crippen LogP contribution in [0.15, 0.2) is 88.8 Å². The molecule has 6 heteroatoms. The van der Waals surface area contributed by atoms with Crippen molar-refractivity contribution in [1.29, 1.82) is 5.26 Å². The average Bonchev–Trinajstić information content (AvgIpc) is 2.79. The summed E-state index contributed by atoms with van der Waals surface area (Å²) in [6, 6.07) is 27.3. The van der Waals surface area contributed by atoms with Crippen LogP contribution in [-0.2, 0) is 5.75 Å². The second-order valence-corrected chi connectivity index (χ2v) is 7.64. The van der Waals surface area contributed by atoms with Gasteiger partial charge in [-0.3, -0.25) is 4.79 Å². The number of nitrogens with two attached hydrogens (primary N) is 1. The van der Waals surface area contributed by atoms with Gasteiger partial charge in [0.15, 0.2) is 5.16 Å². The molecule has 0 amide bonds. The molecule has 1 heterocycles. The molecule has 0 aliphatic rings. The summed E-state index contributed by atoms with van der Waals surface area (Å²) >= 11 is 1.40. The van der Waals surface area contributed by atoms with Gasteiger partial charge in [-0.25, -0.2) is 4.98 Å². The molecule has 0 spiro atoms. The zero-order valence-electron chi connectivity index (χ0n) is 16.0. The van der Waals surface area contributed by atoms with Crippen LogP contribution in [0.2, 0.25) is 0 Å². The molecule has 3 aromatic carbocycles. The van der Waals surface area contributed by atoms with E-state index in [1.54, 1.807) is 0 Å². The van der Waals surface area contributed by atoms with Crippen LogP contribution < -0.4 is 11.3 Å². The molecule has 0 radical (unpaired) electrons. The van der Waals surface area contributed by atoms with E-state index in [1.165, 1.54) is 11.8 Å². The summed E-state index contributed by atoms with van der Waals surface area (Å²) in [4.78, 5) is 19.7. The van der Waals surface area contributed by atoms with Gasteiger partial charge < -0.3 is 10.7 Å². The largest absolute Gasteiger partial charge is 0.399 e. The van der Waals surface area contributed by atoms with E-state index in [4.69, 9.17) is 5.73 Å². The standard InChI is InChI=1S/C24H18N4OS/c25-14-21-22(19-10-8-18(9-11-19)17-4-2-1-3-5-17)27-24(28-23(21)29)30-15-16-6-12-20(26)13-7-16/h1-13H,15,26H2,(H,27,28,29). The summed E-state index contributed by atoms with van der Waals surface area (Å²) in [5, 5.41) is 9.96. The first-order valence-corrected chi connectivity index (χ1v) is 10.3. The Bertz CT molecular complexity index is 1260. The molecule has 0 bridgehead atoms. The van der Waals surface area contributed by atoms with Crippen LogP contribution in [0.25, 0.3) is 22.4 Å². The first-order valence-electron chi connectivity index (χ1n) is 9.31. The van der Waals surface area contributed by atoms with Crippen molar-refractivity contribution < 1.29 is 0 Å². The lowest BCUT2D eigenvalue weighted by molar-refractivity contribution is 0.934. The van der Waals surface area contributed by atoms with Crippen molar-refractivity contribution in [2.45, 2.75) is 10.9 Å². The van der Waals surface area contributed by atoms with Gasteiger partial charge in [0.25, 0.3) is 5.56 Å². The lowest BCUT2D eigenvalue weighted by atomic mass is 10.0. The van der Waals surface area contributed by atoms with Crippen molar-refractivity contribution in [1.82, 2.24) is 9.97 Å². The van der Waals surface area contributed by atoms with Crippen LogP contribution in [0.5, 0.6) is 0 Å². The number of nitrogen functional groups attached to an aromatic ring is 1. The Hall–Kier alpha value is -3.82. The topological polar surface area (TPSA) is 95.6 Å². The number of nitrogens with one attached hydrogen (secondary N) is 1. The molecule has 0 saturated heterocycles. The van der Waals surface area contributed by atoms with Gasteiger partial charge in [-0.05, 0) is 28.8 Å². The third-order valence-corrected chi connectivity index (χ3v) is 5.57. The Balaban J connectivity index is 1.64. The highest BCUT2D eigenvalue weighted by atomic mass is 32.2. The fraction of sp³-hybridized carbons (Fsp3) is 0.0417. The molecule has 0 atom stereocenters. The van der Waals surface area contributed by atoms with E-state index in [-0.39, 0.29) is 5.56 Å². The van der Waals surface area contributed by atoms with Crippen LogP contribution in [0, 0.1) is 11.3 Å². The normalized spacial score (nSPS) is 10.5. The van der Waals surface area contributed by atoms with E-state index in [1.807, 2.05) is 84.9 Å². The number of anilines is 1. The number of aromatic amines is 1. The van der Waals surface area contributed by atoms with E-state index in [2.05, 4.69) is 9.97 Å².